The zero-order valence-corrected chi connectivity index (χ0v) is 22.3. The first-order valence-electron chi connectivity index (χ1n) is 11.7. The van der Waals surface area contributed by atoms with E-state index in [4.69, 9.17) is 32.7 Å². The normalized spacial score (nSPS) is 14.5. The number of carbonyl (C=O) groups is 1. The Balaban J connectivity index is 1.46. The van der Waals surface area contributed by atoms with E-state index >= 15 is 0 Å². The number of rotatable bonds is 7. The van der Waals surface area contributed by atoms with E-state index in [0.717, 1.165) is 16.7 Å². The SMILES string of the molecule is COc1cc(C2C(C(=O)Nc3ccc(C)cc3)=C(C)Nc3nnnn32)ccc1OCc1ccc(Cl)cc1Cl. The van der Waals surface area contributed by atoms with Crippen LogP contribution in [0.3, 0.4) is 0 Å². The van der Waals surface area contributed by atoms with Crippen LogP contribution in [0.4, 0.5) is 11.6 Å². The molecule has 0 fully saturated rings. The monoisotopic (exact) mass is 550 g/mol. The van der Waals surface area contributed by atoms with Crippen molar-refractivity contribution in [2.45, 2.75) is 26.5 Å². The molecule has 38 heavy (non-hydrogen) atoms. The van der Waals surface area contributed by atoms with Crippen LogP contribution in [0.1, 0.15) is 29.7 Å². The van der Waals surface area contributed by atoms with Crippen LogP contribution in [0.5, 0.6) is 11.5 Å². The van der Waals surface area contributed by atoms with Gasteiger partial charge in [0.2, 0.25) is 5.95 Å². The molecule has 1 unspecified atom stereocenters. The fraction of sp³-hybridized carbons (Fsp3) is 0.185. The molecule has 0 saturated heterocycles. The Morgan fingerprint density at radius 2 is 1.84 bits per heavy atom. The fourth-order valence-corrected chi connectivity index (χ4v) is 4.68. The Morgan fingerprint density at radius 3 is 2.58 bits per heavy atom. The number of allylic oxidation sites excluding steroid dienone is 1. The molecule has 194 valence electrons. The molecule has 0 saturated carbocycles. The molecular formula is C27H24Cl2N6O3. The summed E-state index contributed by atoms with van der Waals surface area (Å²) in [5.74, 6) is 1.15. The second-order valence-corrected chi connectivity index (χ2v) is 9.61. The lowest BCUT2D eigenvalue weighted by atomic mass is 9.94. The van der Waals surface area contributed by atoms with Gasteiger partial charge in [0, 0.05) is 27.0 Å². The largest absolute Gasteiger partial charge is 0.493 e. The number of nitrogens with one attached hydrogen (secondary N) is 2. The second kappa shape index (κ2) is 10.7. The van der Waals surface area contributed by atoms with Crippen molar-refractivity contribution in [2.24, 2.45) is 0 Å². The molecule has 11 heteroatoms. The number of amides is 1. The Hall–Kier alpha value is -4.08. The minimum atomic E-state index is -0.611. The number of fused-ring (bicyclic) bond motifs is 1. The summed E-state index contributed by atoms with van der Waals surface area (Å²) < 4.78 is 13.2. The third-order valence-corrected chi connectivity index (χ3v) is 6.76. The van der Waals surface area contributed by atoms with Crippen molar-refractivity contribution in [1.82, 2.24) is 20.2 Å². The minimum Gasteiger partial charge on any atom is -0.493 e. The molecule has 0 radical (unpaired) electrons. The summed E-state index contributed by atoms with van der Waals surface area (Å²) >= 11 is 12.3. The summed E-state index contributed by atoms with van der Waals surface area (Å²) in [6, 6.07) is 17.7. The van der Waals surface area contributed by atoms with Gasteiger partial charge in [0.15, 0.2) is 11.5 Å². The Bertz CT molecular complexity index is 1530. The lowest BCUT2D eigenvalue weighted by Gasteiger charge is -2.28. The molecule has 1 aromatic heterocycles. The van der Waals surface area contributed by atoms with Crippen LogP contribution in [0.25, 0.3) is 0 Å². The Morgan fingerprint density at radius 1 is 1.05 bits per heavy atom. The Kier molecular flexibility index (Phi) is 7.22. The van der Waals surface area contributed by atoms with Gasteiger partial charge in [0.1, 0.15) is 12.6 Å². The summed E-state index contributed by atoms with van der Waals surface area (Å²) in [6.45, 7) is 4.03. The molecule has 1 amide bonds. The number of aromatic nitrogens is 4. The zero-order valence-electron chi connectivity index (χ0n) is 20.8. The first-order chi connectivity index (χ1) is 18.3. The molecule has 9 nitrogen and oxygen atoms in total. The van der Waals surface area contributed by atoms with Crippen molar-refractivity contribution in [3.63, 3.8) is 0 Å². The van der Waals surface area contributed by atoms with Gasteiger partial charge in [-0.1, -0.05) is 58.1 Å². The highest BCUT2D eigenvalue weighted by atomic mass is 35.5. The van der Waals surface area contributed by atoms with Gasteiger partial charge >= 0.3 is 0 Å². The van der Waals surface area contributed by atoms with E-state index in [9.17, 15) is 4.79 Å². The number of hydrogen-bond donors (Lipinski definition) is 2. The van der Waals surface area contributed by atoms with Crippen molar-refractivity contribution in [1.29, 1.82) is 0 Å². The van der Waals surface area contributed by atoms with E-state index in [0.29, 0.717) is 44.5 Å². The number of nitrogens with zero attached hydrogens (tertiary/aromatic N) is 4. The van der Waals surface area contributed by atoms with Gasteiger partial charge < -0.3 is 20.1 Å². The molecule has 2 heterocycles. The van der Waals surface area contributed by atoms with Gasteiger partial charge in [-0.15, -0.1) is 0 Å². The molecule has 2 N–H and O–H groups in total. The van der Waals surface area contributed by atoms with Gasteiger partial charge in [-0.2, -0.15) is 4.68 Å². The first kappa shape index (κ1) is 25.6. The molecule has 0 spiro atoms. The predicted octanol–water partition coefficient (Wildman–Crippen LogP) is 5.80. The number of methoxy groups -OCH3 is 1. The summed E-state index contributed by atoms with van der Waals surface area (Å²) in [5.41, 5.74) is 4.41. The van der Waals surface area contributed by atoms with Crippen LogP contribution in [0.15, 0.2) is 71.9 Å². The summed E-state index contributed by atoms with van der Waals surface area (Å²) in [6.07, 6.45) is 0. The molecule has 1 atom stereocenters. The molecule has 0 bridgehead atoms. The van der Waals surface area contributed by atoms with Crippen LogP contribution in [-0.4, -0.2) is 33.2 Å². The number of hydrogen-bond acceptors (Lipinski definition) is 7. The number of carbonyl (C=O) groups excluding carboxylic acids is 1. The van der Waals surface area contributed by atoms with Gasteiger partial charge in [0.05, 0.1) is 12.7 Å². The molecule has 1 aliphatic rings. The molecule has 4 aromatic rings. The van der Waals surface area contributed by atoms with Gasteiger partial charge in [-0.3, -0.25) is 4.79 Å². The topological polar surface area (TPSA) is 103 Å². The van der Waals surface area contributed by atoms with E-state index in [1.54, 1.807) is 30.0 Å². The lowest BCUT2D eigenvalue weighted by molar-refractivity contribution is -0.113. The molecule has 1 aliphatic heterocycles. The van der Waals surface area contributed by atoms with Crippen molar-refractivity contribution in [3.8, 4) is 11.5 Å². The van der Waals surface area contributed by atoms with Crippen molar-refractivity contribution < 1.29 is 14.3 Å². The number of ether oxygens (including phenoxy) is 2. The maximum absolute atomic E-state index is 13.5. The summed E-state index contributed by atoms with van der Waals surface area (Å²) in [4.78, 5) is 13.5. The average molecular weight is 551 g/mol. The van der Waals surface area contributed by atoms with Crippen molar-refractivity contribution >= 4 is 40.7 Å². The number of anilines is 2. The second-order valence-electron chi connectivity index (χ2n) is 8.77. The lowest BCUT2D eigenvalue weighted by Crippen LogP contribution is -2.31. The third kappa shape index (κ3) is 5.16. The number of tetrazole rings is 1. The van der Waals surface area contributed by atoms with Gasteiger partial charge in [-0.25, -0.2) is 0 Å². The highest BCUT2D eigenvalue weighted by Crippen LogP contribution is 2.39. The zero-order chi connectivity index (χ0) is 26.8. The van der Waals surface area contributed by atoms with E-state index in [-0.39, 0.29) is 12.5 Å². The van der Waals surface area contributed by atoms with Crippen molar-refractivity contribution in [3.05, 3.63) is 98.7 Å². The van der Waals surface area contributed by atoms with Crippen LogP contribution >= 0.6 is 23.2 Å². The Labute approximate surface area is 229 Å². The number of halogens is 2. The number of aryl methyl sites for hydroxylation is 1. The van der Waals surface area contributed by atoms with Crippen LogP contribution in [0.2, 0.25) is 10.0 Å². The van der Waals surface area contributed by atoms with E-state index < -0.39 is 6.04 Å². The molecule has 5 rings (SSSR count). The summed E-state index contributed by atoms with van der Waals surface area (Å²) in [7, 11) is 1.55. The predicted molar refractivity (Wildman–Crippen MR) is 146 cm³/mol. The highest BCUT2D eigenvalue weighted by molar-refractivity contribution is 6.35. The fourth-order valence-electron chi connectivity index (χ4n) is 4.22. The number of benzene rings is 3. The third-order valence-electron chi connectivity index (χ3n) is 6.17. The van der Waals surface area contributed by atoms with Gasteiger partial charge in [0.25, 0.3) is 5.91 Å². The van der Waals surface area contributed by atoms with Crippen molar-refractivity contribution in [2.75, 3.05) is 17.7 Å². The molecule has 3 aromatic carbocycles. The van der Waals surface area contributed by atoms with E-state index in [1.165, 1.54) is 0 Å². The van der Waals surface area contributed by atoms with Crippen LogP contribution in [-0.2, 0) is 11.4 Å². The van der Waals surface area contributed by atoms with E-state index in [2.05, 4.69) is 26.2 Å². The smallest absolute Gasteiger partial charge is 0.255 e. The van der Waals surface area contributed by atoms with Gasteiger partial charge in [-0.05, 0) is 66.2 Å². The van der Waals surface area contributed by atoms with Crippen LogP contribution in [0, 0.1) is 6.92 Å². The standard InChI is InChI=1S/C27H24Cl2N6O3/c1-15-4-9-20(10-5-15)31-26(36)24-16(2)30-27-32-33-34-35(27)25(24)17-7-11-22(23(12-17)37-3)38-14-18-6-8-19(28)13-21(18)29/h4-13,25H,14H2,1-3H3,(H,31,36)(H,30,32,34). The maximum Gasteiger partial charge on any atom is 0.255 e. The molecule has 0 aliphatic carbocycles. The summed E-state index contributed by atoms with van der Waals surface area (Å²) in [5, 5.41) is 19.2. The molecular weight excluding hydrogens is 527 g/mol. The highest BCUT2D eigenvalue weighted by Gasteiger charge is 2.34. The maximum atomic E-state index is 13.5. The average Bonchev–Trinajstić information content (AvgIpc) is 3.36. The van der Waals surface area contributed by atoms with Crippen LogP contribution < -0.4 is 20.1 Å². The quantitative estimate of drug-likeness (QED) is 0.299. The first-order valence-corrected chi connectivity index (χ1v) is 12.5. The van der Waals surface area contributed by atoms with E-state index in [1.807, 2.05) is 56.3 Å². The minimum absolute atomic E-state index is 0.222.